The number of likely N-dealkylation sites (tertiary alicyclic amines) is 1. The number of nitrogens with zero attached hydrogens (tertiary/aromatic N) is 3. The van der Waals surface area contributed by atoms with Crippen LogP contribution in [0, 0.1) is 0 Å². The first-order chi connectivity index (χ1) is 15.3. The molecule has 1 amide bonds. The van der Waals surface area contributed by atoms with E-state index >= 15 is 0 Å². The van der Waals surface area contributed by atoms with Gasteiger partial charge in [-0.3, -0.25) is 14.8 Å². The van der Waals surface area contributed by atoms with Crippen LogP contribution in [0.3, 0.4) is 0 Å². The van der Waals surface area contributed by atoms with Gasteiger partial charge in [-0.25, -0.2) is 0 Å². The zero-order valence-electron chi connectivity index (χ0n) is 17.7. The Balaban J connectivity index is 1.23. The van der Waals surface area contributed by atoms with Crippen molar-refractivity contribution in [1.29, 1.82) is 0 Å². The Morgan fingerprint density at radius 2 is 1.84 bits per heavy atom. The highest BCUT2D eigenvalue weighted by molar-refractivity contribution is 6.01. The molecular formula is C25H28N4O2. The number of H-pyrrole nitrogens is 1. The number of rotatable bonds is 7. The number of hydrogen-bond donors (Lipinski definition) is 1. The molecule has 5 rings (SSSR count). The van der Waals surface area contributed by atoms with Crippen LogP contribution < -0.4 is 4.74 Å². The second-order valence-electron chi connectivity index (χ2n) is 8.37. The van der Waals surface area contributed by atoms with Crippen LogP contribution in [0.1, 0.15) is 40.7 Å². The smallest absolute Gasteiger partial charge is 0.258 e. The number of aromatic amines is 1. The van der Waals surface area contributed by atoms with Crippen LogP contribution in [-0.4, -0.2) is 52.1 Å². The maximum atomic E-state index is 13.2. The number of amides is 1. The highest BCUT2D eigenvalue weighted by Crippen LogP contribution is 2.32. The minimum atomic E-state index is 0.0567. The zero-order valence-corrected chi connectivity index (χ0v) is 17.7. The number of piperidine rings is 1. The van der Waals surface area contributed by atoms with Crippen LogP contribution in [0.4, 0.5) is 0 Å². The predicted molar refractivity (Wildman–Crippen MR) is 120 cm³/mol. The van der Waals surface area contributed by atoms with Gasteiger partial charge in [-0.1, -0.05) is 42.8 Å². The van der Waals surface area contributed by atoms with Gasteiger partial charge in [0.15, 0.2) is 0 Å². The number of benzene rings is 2. The Kier molecular flexibility index (Phi) is 5.71. The van der Waals surface area contributed by atoms with Crippen LogP contribution in [0.5, 0.6) is 5.75 Å². The minimum absolute atomic E-state index is 0.0567. The summed E-state index contributed by atoms with van der Waals surface area (Å²) in [6, 6.07) is 16.2. The first-order valence-corrected chi connectivity index (χ1v) is 11.1. The van der Waals surface area contributed by atoms with E-state index in [-0.39, 0.29) is 5.91 Å². The lowest BCUT2D eigenvalue weighted by Crippen LogP contribution is -2.33. The Hall–Kier alpha value is -3.12. The summed E-state index contributed by atoms with van der Waals surface area (Å²) in [7, 11) is 0. The van der Waals surface area contributed by atoms with Crippen molar-refractivity contribution in [2.45, 2.75) is 32.4 Å². The number of aromatic nitrogens is 2. The molecule has 0 unspecified atom stereocenters. The molecular weight excluding hydrogens is 388 g/mol. The second kappa shape index (κ2) is 8.94. The topological polar surface area (TPSA) is 61.5 Å². The van der Waals surface area contributed by atoms with Crippen LogP contribution in [0.25, 0.3) is 11.3 Å². The van der Waals surface area contributed by atoms with Gasteiger partial charge in [0.05, 0.1) is 11.3 Å². The average molecular weight is 417 g/mol. The van der Waals surface area contributed by atoms with Gasteiger partial charge in [0.2, 0.25) is 0 Å². The molecule has 2 aliphatic heterocycles. The van der Waals surface area contributed by atoms with Gasteiger partial charge in [0.1, 0.15) is 12.4 Å². The number of carbonyl (C=O) groups is 1. The summed E-state index contributed by atoms with van der Waals surface area (Å²) < 4.78 is 6.08. The average Bonchev–Trinajstić information content (AvgIpc) is 3.45. The van der Waals surface area contributed by atoms with Gasteiger partial charge >= 0.3 is 0 Å². The molecule has 31 heavy (non-hydrogen) atoms. The molecule has 0 bridgehead atoms. The van der Waals surface area contributed by atoms with E-state index in [0.717, 1.165) is 53.3 Å². The number of nitrogens with one attached hydrogen (secondary N) is 1. The van der Waals surface area contributed by atoms with Gasteiger partial charge in [0, 0.05) is 25.8 Å². The number of carbonyl (C=O) groups excluding carboxylic acids is 1. The third-order valence-corrected chi connectivity index (χ3v) is 6.23. The van der Waals surface area contributed by atoms with Gasteiger partial charge in [-0.2, -0.15) is 5.10 Å². The SMILES string of the molecule is O=C1c2c(cccc2OCCN2CCCCC2)CN1Cc1ccc(-c2ccn[nH]2)cc1. The Morgan fingerprint density at radius 3 is 2.61 bits per heavy atom. The van der Waals surface area contributed by atoms with E-state index in [1.807, 2.05) is 29.2 Å². The largest absolute Gasteiger partial charge is 0.491 e. The molecule has 0 saturated carbocycles. The summed E-state index contributed by atoms with van der Waals surface area (Å²) in [5.41, 5.74) is 4.96. The van der Waals surface area contributed by atoms with Crippen molar-refractivity contribution in [3.63, 3.8) is 0 Å². The van der Waals surface area contributed by atoms with E-state index in [2.05, 4.69) is 39.4 Å². The van der Waals surface area contributed by atoms with Crippen molar-refractivity contribution in [1.82, 2.24) is 20.0 Å². The lowest BCUT2D eigenvalue weighted by molar-refractivity contribution is 0.0763. The Bertz CT molecular complexity index is 1020. The number of ether oxygens (including phenoxy) is 1. The number of fused-ring (bicyclic) bond motifs is 1. The molecule has 0 radical (unpaired) electrons. The molecule has 1 N–H and O–H groups in total. The van der Waals surface area contributed by atoms with Crippen molar-refractivity contribution in [3.8, 4) is 17.0 Å². The fourth-order valence-electron chi connectivity index (χ4n) is 4.53. The summed E-state index contributed by atoms with van der Waals surface area (Å²) in [6.45, 7) is 5.07. The normalized spacial score (nSPS) is 16.5. The quantitative estimate of drug-likeness (QED) is 0.630. The third-order valence-electron chi connectivity index (χ3n) is 6.23. The molecule has 2 aromatic carbocycles. The maximum absolute atomic E-state index is 13.2. The van der Waals surface area contributed by atoms with Gasteiger partial charge in [-0.15, -0.1) is 0 Å². The molecule has 0 spiro atoms. The fourth-order valence-corrected chi connectivity index (χ4v) is 4.53. The molecule has 0 atom stereocenters. The zero-order chi connectivity index (χ0) is 21.0. The van der Waals surface area contributed by atoms with Crippen LogP contribution in [-0.2, 0) is 13.1 Å². The third kappa shape index (κ3) is 4.35. The molecule has 6 heteroatoms. The molecule has 160 valence electrons. The molecule has 3 heterocycles. The van der Waals surface area contributed by atoms with Gasteiger partial charge in [-0.05, 0) is 54.8 Å². The molecule has 3 aromatic rings. The van der Waals surface area contributed by atoms with E-state index < -0.39 is 0 Å². The fraction of sp³-hybridized carbons (Fsp3) is 0.360. The summed E-state index contributed by atoms with van der Waals surface area (Å²) in [4.78, 5) is 17.5. The maximum Gasteiger partial charge on any atom is 0.258 e. The van der Waals surface area contributed by atoms with E-state index in [9.17, 15) is 4.79 Å². The van der Waals surface area contributed by atoms with Gasteiger partial charge in [0.25, 0.3) is 5.91 Å². The lowest BCUT2D eigenvalue weighted by Gasteiger charge is -2.26. The standard InChI is InChI=1S/C25H28N4O2/c30-25-24-21(5-4-6-23(24)31-16-15-28-13-2-1-3-14-28)18-29(25)17-19-7-9-20(10-8-19)22-11-12-26-27-22/h4-12H,1-3,13-18H2,(H,26,27). The molecule has 0 aliphatic carbocycles. The molecule has 1 aromatic heterocycles. The summed E-state index contributed by atoms with van der Waals surface area (Å²) in [5, 5.41) is 6.98. The van der Waals surface area contributed by atoms with Crippen molar-refractivity contribution >= 4 is 5.91 Å². The van der Waals surface area contributed by atoms with E-state index in [1.54, 1.807) is 6.20 Å². The summed E-state index contributed by atoms with van der Waals surface area (Å²) >= 11 is 0. The summed E-state index contributed by atoms with van der Waals surface area (Å²) in [6.07, 6.45) is 5.63. The van der Waals surface area contributed by atoms with Crippen molar-refractivity contribution in [2.24, 2.45) is 0 Å². The minimum Gasteiger partial charge on any atom is -0.491 e. The summed E-state index contributed by atoms with van der Waals surface area (Å²) in [5.74, 6) is 0.776. The first-order valence-electron chi connectivity index (χ1n) is 11.1. The van der Waals surface area contributed by atoms with Crippen LogP contribution >= 0.6 is 0 Å². The van der Waals surface area contributed by atoms with Gasteiger partial charge < -0.3 is 9.64 Å². The highest BCUT2D eigenvalue weighted by Gasteiger charge is 2.30. The monoisotopic (exact) mass is 416 g/mol. The molecule has 1 fully saturated rings. The Labute approximate surface area is 182 Å². The molecule has 2 aliphatic rings. The van der Waals surface area contributed by atoms with E-state index in [4.69, 9.17) is 4.74 Å². The van der Waals surface area contributed by atoms with Crippen LogP contribution in [0.15, 0.2) is 54.7 Å². The van der Waals surface area contributed by atoms with E-state index in [0.29, 0.717) is 19.7 Å². The van der Waals surface area contributed by atoms with Crippen LogP contribution in [0.2, 0.25) is 0 Å². The number of hydrogen-bond acceptors (Lipinski definition) is 4. The first kappa shape index (κ1) is 19.8. The van der Waals surface area contributed by atoms with Crippen molar-refractivity contribution < 1.29 is 9.53 Å². The second-order valence-corrected chi connectivity index (χ2v) is 8.37. The molecule has 1 saturated heterocycles. The predicted octanol–water partition coefficient (Wildman–Crippen LogP) is 4.10. The molecule has 6 nitrogen and oxygen atoms in total. The van der Waals surface area contributed by atoms with Crippen molar-refractivity contribution in [3.05, 3.63) is 71.4 Å². The van der Waals surface area contributed by atoms with Crippen molar-refractivity contribution in [2.75, 3.05) is 26.2 Å². The van der Waals surface area contributed by atoms with E-state index in [1.165, 1.54) is 19.3 Å². The lowest BCUT2D eigenvalue weighted by atomic mass is 10.1. The Morgan fingerprint density at radius 1 is 1.00 bits per heavy atom. The highest BCUT2D eigenvalue weighted by atomic mass is 16.5.